The summed E-state index contributed by atoms with van der Waals surface area (Å²) in [7, 11) is 0. The molecular formula is C20H18FN3O2. The molecule has 5 nitrogen and oxygen atoms in total. The van der Waals surface area contributed by atoms with Gasteiger partial charge in [-0.15, -0.1) is 0 Å². The van der Waals surface area contributed by atoms with Crippen LogP contribution in [-0.4, -0.2) is 10.9 Å². The number of nitrogens with two attached hydrogens (primary N) is 1. The predicted octanol–water partition coefficient (Wildman–Crippen LogP) is 3.83. The van der Waals surface area contributed by atoms with E-state index in [-0.39, 0.29) is 17.5 Å². The number of rotatable bonds is 5. The standard InChI is InChI=1S/C20H18FN3O2/c1-13-5-10-18(19(22)24-13)20(25)23-12-14-3-2-4-17(11-14)26-16-8-6-15(21)7-9-16/h2-11H,12H2,1H3,(H2,22,24)(H,23,25). The molecular weight excluding hydrogens is 333 g/mol. The van der Waals surface area contributed by atoms with E-state index < -0.39 is 0 Å². The topological polar surface area (TPSA) is 77.2 Å². The second-order valence-corrected chi connectivity index (χ2v) is 5.77. The van der Waals surface area contributed by atoms with E-state index in [0.29, 0.717) is 23.6 Å². The van der Waals surface area contributed by atoms with Crippen molar-refractivity contribution in [2.45, 2.75) is 13.5 Å². The van der Waals surface area contributed by atoms with Crippen LogP contribution in [0.4, 0.5) is 10.2 Å². The van der Waals surface area contributed by atoms with E-state index >= 15 is 0 Å². The van der Waals surface area contributed by atoms with Crippen molar-refractivity contribution in [2.75, 3.05) is 5.73 Å². The first-order valence-electron chi connectivity index (χ1n) is 8.05. The van der Waals surface area contributed by atoms with Crippen molar-refractivity contribution in [3.63, 3.8) is 0 Å². The zero-order chi connectivity index (χ0) is 18.5. The second kappa shape index (κ2) is 7.65. The van der Waals surface area contributed by atoms with Gasteiger partial charge in [-0.2, -0.15) is 0 Å². The summed E-state index contributed by atoms with van der Waals surface area (Å²) in [5, 5.41) is 2.81. The van der Waals surface area contributed by atoms with Gasteiger partial charge in [0.25, 0.3) is 5.91 Å². The third-order valence-electron chi connectivity index (χ3n) is 3.71. The van der Waals surface area contributed by atoms with Crippen molar-refractivity contribution in [1.82, 2.24) is 10.3 Å². The molecule has 3 rings (SSSR count). The van der Waals surface area contributed by atoms with Crippen molar-refractivity contribution < 1.29 is 13.9 Å². The van der Waals surface area contributed by atoms with E-state index in [1.165, 1.54) is 12.1 Å². The maximum atomic E-state index is 12.9. The fourth-order valence-corrected chi connectivity index (χ4v) is 2.40. The Kier molecular flexibility index (Phi) is 5.12. The Balaban J connectivity index is 1.65. The molecule has 0 radical (unpaired) electrons. The summed E-state index contributed by atoms with van der Waals surface area (Å²) in [6.45, 7) is 2.12. The number of benzene rings is 2. The number of nitrogen functional groups attached to an aromatic ring is 1. The second-order valence-electron chi connectivity index (χ2n) is 5.77. The number of aryl methyl sites for hydroxylation is 1. The molecule has 0 aliphatic heterocycles. The highest BCUT2D eigenvalue weighted by atomic mass is 19.1. The number of amides is 1. The molecule has 0 spiro atoms. The molecule has 132 valence electrons. The summed E-state index contributed by atoms with van der Waals surface area (Å²) < 4.78 is 18.6. The lowest BCUT2D eigenvalue weighted by Gasteiger charge is -2.10. The van der Waals surface area contributed by atoms with Gasteiger partial charge in [0.1, 0.15) is 23.1 Å². The summed E-state index contributed by atoms with van der Waals surface area (Å²) in [5.74, 6) is 0.723. The minimum Gasteiger partial charge on any atom is -0.457 e. The largest absolute Gasteiger partial charge is 0.457 e. The van der Waals surface area contributed by atoms with Crippen LogP contribution in [0.15, 0.2) is 60.7 Å². The Morgan fingerprint density at radius 1 is 1.12 bits per heavy atom. The quantitative estimate of drug-likeness (QED) is 0.732. The van der Waals surface area contributed by atoms with Crippen LogP contribution in [-0.2, 0) is 6.54 Å². The van der Waals surface area contributed by atoms with E-state index in [0.717, 1.165) is 11.3 Å². The van der Waals surface area contributed by atoms with Crippen LogP contribution >= 0.6 is 0 Å². The molecule has 0 fully saturated rings. The first-order valence-corrected chi connectivity index (χ1v) is 8.05. The number of aromatic nitrogens is 1. The van der Waals surface area contributed by atoms with Gasteiger partial charge in [-0.1, -0.05) is 12.1 Å². The Labute approximate surface area is 150 Å². The SMILES string of the molecule is Cc1ccc(C(=O)NCc2cccc(Oc3ccc(F)cc3)c2)c(N)n1. The molecule has 0 unspecified atom stereocenters. The van der Waals surface area contributed by atoms with E-state index in [1.54, 1.807) is 36.4 Å². The van der Waals surface area contributed by atoms with Crippen LogP contribution in [0.2, 0.25) is 0 Å². The molecule has 0 aliphatic carbocycles. The van der Waals surface area contributed by atoms with Gasteiger partial charge < -0.3 is 15.8 Å². The zero-order valence-corrected chi connectivity index (χ0v) is 14.2. The zero-order valence-electron chi connectivity index (χ0n) is 14.2. The highest BCUT2D eigenvalue weighted by molar-refractivity contribution is 5.98. The molecule has 0 bridgehead atoms. The molecule has 0 atom stereocenters. The third-order valence-corrected chi connectivity index (χ3v) is 3.71. The minimum absolute atomic E-state index is 0.205. The predicted molar refractivity (Wildman–Crippen MR) is 97.5 cm³/mol. The number of hydrogen-bond donors (Lipinski definition) is 2. The van der Waals surface area contributed by atoms with Crippen LogP contribution in [0.5, 0.6) is 11.5 Å². The molecule has 0 saturated carbocycles. The van der Waals surface area contributed by atoms with Gasteiger partial charge in [0.15, 0.2) is 0 Å². The number of nitrogens with zero attached hydrogens (tertiary/aromatic N) is 1. The molecule has 3 N–H and O–H groups in total. The van der Waals surface area contributed by atoms with Gasteiger partial charge in [-0.05, 0) is 61.0 Å². The summed E-state index contributed by atoms with van der Waals surface area (Å²) in [6, 6.07) is 16.4. The summed E-state index contributed by atoms with van der Waals surface area (Å²) in [6.07, 6.45) is 0. The molecule has 1 aromatic heterocycles. The molecule has 0 saturated heterocycles. The number of pyridine rings is 1. The Hall–Kier alpha value is -3.41. The summed E-state index contributed by atoms with van der Waals surface area (Å²) in [5.41, 5.74) is 7.75. The van der Waals surface area contributed by atoms with Crippen LogP contribution in [0.3, 0.4) is 0 Å². The first-order chi connectivity index (χ1) is 12.5. The molecule has 0 aliphatic rings. The number of ether oxygens (including phenoxy) is 1. The Bertz CT molecular complexity index is 927. The fraction of sp³-hybridized carbons (Fsp3) is 0.100. The van der Waals surface area contributed by atoms with Crippen molar-refractivity contribution in [3.8, 4) is 11.5 Å². The van der Waals surface area contributed by atoms with Gasteiger partial charge in [-0.25, -0.2) is 9.37 Å². The monoisotopic (exact) mass is 351 g/mol. The van der Waals surface area contributed by atoms with E-state index in [4.69, 9.17) is 10.5 Å². The van der Waals surface area contributed by atoms with Gasteiger partial charge in [0.05, 0.1) is 5.56 Å². The Morgan fingerprint density at radius 2 is 1.88 bits per heavy atom. The van der Waals surface area contributed by atoms with Crippen molar-refractivity contribution in [3.05, 3.63) is 83.3 Å². The smallest absolute Gasteiger partial charge is 0.255 e. The molecule has 6 heteroatoms. The van der Waals surface area contributed by atoms with Gasteiger partial charge >= 0.3 is 0 Å². The van der Waals surface area contributed by atoms with Crippen molar-refractivity contribution >= 4 is 11.7 Å². The van der Waals surface area contributed by atoms with E-state index in [9.17, 15) is 9.18 Å². The molecule has 26 heavy (non-hydrogen) atoms. The maximum absolute atomic E-state index is 12.9. The third kappa shape index (κ3) is 4.36. The highest BCUT2D eigenvalue weighted by Gasteiger charge is 2.10. The van der Waals surface area contributed by atoms with Crippen LogP contribution in [0, 0.1) is 12.7 Å². The van der Waals surface area contributed by atoms with Crippen LogP contribution < -0.4 is 15.8 Å². The summed E-state index contributed by atoms with van der Waals surface area (Å²) >= 11 is 0. The van der Waals surface area contributed by atoms with Crippen molar-refractivity contribution in [2.24, 2.45) is 0 Å². The van der Waals surface area contributed by atoms with Crippen molar-refractivity contribution in [1.29, 1.82) is 0 Å². The maximum Gasteiger partial charge on any atom is 0.255 e. The average Bonchev–Trinajstić information content (AvgIpc) is 2.62. The van der Waals surface area contributed by atoms with Crippen LogP contribution in [0.1, 0.15) is 21.6 Å². The van der Waals surface area contributed by atoms with E-state index in [2.05, 4.69) is 10.3 Å². The number of anilines is 1. The minimum atomic E-state index is -0.321. The molecule has 1 amide bonds. The van der Waals surface area contributed by atoms with Gasteiger partial charge in [0, 0.05) is 12.2 Å². The lowest BCUT2D eigenvalue weighted by atomic mass is 10.2. The number of carbonyl (C=O) groups is 1. The molecule has 2 aromatic carbocycles. The Morgan fingerprint density at radius 3 is 2.62 bits per heavy atom. The summed E-state index contributed by atoms with van der Waals surface area (Å²) in [4.78, 5) is 16.3. The molecule has 1 heterocycles. The number of hydrogen-bond acceptors (Lipinski definition) is 4. The first kappa shape index (κ1) is 17.4. The molecule has 3 aromatic rings. The normalized spacial score (nSPS) is 10.4. The van der Waals surface area contributed by atoms with Gasteiger partial charge in [0.2, 0.25) is 0 Å². The highest BCUT2D eigenvalue weighted by Crippen LogP contribution is 2.22. The van der Waals surface area contributed by atoms with Crippen LogP contribution in [0.25, 0.3) is 0 Å². The lowest BCUT2D eigenvalue weighted by Crippen LogP contribution is -2.24. The fourth-order valence-electron chi connectivity index (χ4n) is 2.40. The van der Waals surface area contributed by atoms with Gasteiger partial charge in [-0.3, -0.25) is 4.79 Å². The lowest BCUT2D eigenvalue weighted by molar-refractivity contribution is 0.0951. The van der Waals surface area contributed by atoms with E-state index in [1.807, 2.05) is 19.1 Å². The average molecular weight is 351 g/mol. The number of nitrogens with one attached hydrogen (secondary N) is 1. The number of carbonyl (C=O) groups excluding carboxylic acids is 1. The number of halogens is 1.